The van der Waals surface area contributed by atoms with Crippen molar-refractivity contribution >= 4 is 33.8 Å². The van der Waals surface area contributed by atoms with Crippen LogP contribution in [0, 0.1) is 0 Å². The molecule has 1 aromatic carbocycles. The molecule has 2 heterocycles. The number of imide groups is 1. The number of hydrogen-bond donors (Lipinski definition) is 1. The summed E-state index contributed by atoms with van der Waals surface area (Å²) in [5.74, 6) is -0.231. The molecule has 0 saturated carbocycles. The van der Waals surface area contributed by atoms with Crippen LogP contribution in [0.4, 0.5) is 4.79 Å². The molecule has 7 heteroatoms. The normalized spacial score (nSPS) is 20.0. The van der Waals surface area contributed by atoms with Crippen LogP contribution in [-0.4, -0.2) is 52.3 Å². The standard InChI is InChI=1S/C17H20BrN3O3/c1-11(2)21-15(23)17(19-16(21)24)7-9-20(10-8-17)14(22)12-5-3-4-6-13(12)18/h3-6,11H,7-10H2,1-2H3,(H,19,24). The van der Waals surface area contributed by atoms with E-state index in [1.54, 1.807) is 11.0 Å². The van der Waals surface area contributed by atoms with Crippen molar-refractivity contribution < 1.29 is 14.4 Å². The highest BCUT2D eigenvalue weighted by molar-refractivity contribution is 9.10. The summed E-state index contributed by atoms with van der Waals surface area (Å²) in [6.45, 7) is 4.53. The van der Waals surface area contributed by atoms with E-state index in [2.05, 4.69) is 21.2 Å². The monoisotopic (exact) mass is 393 g/mol. The Morgan fingerprint density at radius 3 is 2.38 bits per heavy atom. The van der Waals surface area contributed by atoms with Crippen LogP contribution in [0.15, 0.2) is 28.7 Å². The van der Waals surface area contributed by atoms with Gasteiger partial charge in [0.2, 0.25) is 0 Å². The third-order valence-electron chi connectivity index (χ3n) is 4.72. The molecule has 1 aromatic rings. The molecule has 6 nitrogen and oxygen atoms in total. The first-order valence-electron chi connectivity index (χ1n) is 8.05. The van der Waals surface area contributed by atoms with Crippen LogP contribution in [0.2, 0.25) is 0 Å². The van der Waals surface area contributed by atoms with Crippen molar-refractivity contribution in [3.8, 4) is 0 Å². The molecule has 0 aliphatic carbocycles. The van der Waals surface area contributed by atoms with Gasteiger partial charge in [0.15, 0.2) is 0 Å². The fourth-order valence-corrected chi connectivity index (χ4v) is 3.80. The molecular weight excluding hydrogens is 374 g/mol. The zero-order valence-corrected chi connectivity index (χ0v) is 15.3. The van der Waals surface area contributed by atoms with E-state index in [4.69, 9.17) is 0 Å². The minimum absolute atomic E-state index is 0.0604. The molecule has 2 fully saturated rings. The molecule has 1 N–H and O–H groups in total. The predicted octanol–water partition coefficient (Wildman–Crippen LogP) is 2.38. The second kappa shape index (κ2) is 6.20. The lowest BCUT2D eigenvalue weighted by molar-refractivity contribution is -0.133. The van der Waals surface area contributed by atoms with Gasteiger partial charge in [-0.3, -0.25) is 14.5 Å². The Kier molecular flexibility index (Phi) is 4.38. The van der Waals surface area contributed by atoms with Crippen LogP contribution in [-0.2, 0) is 4.79 Å². The van der Waals surface area contributed by atoms with Crippen LogP contribution in [0.5, 0.6) is 0 Å². The van der Waals surface area contributed by atoms with Gasteiger partial charge in [-0.25, -0.2) is 4.79 Å². The maximum Gasteiger partial charge on any atom is 0.325 e. The molecule has 0 aromatic heterocycles. The highest BCUT2D eigenvalue weighted by atomic mass is 79.9. The van der Waals surface area contributed by atoms with Crippen LogP contribution >= 0.6 is 15.9 Å². The molecule has 3 rings (SSSR count). The Balaban J connectivity index is 1.73. The smallest absolute Gasteiger partial charge is 0.325 e. The van der Waals surface area contributed by atoms with Gasteiger partial charge < -0.3 is 10.2 Å². The molecule has 0 unspecified atom stereocenters. The summed E-state index contributed by atoms with van der Waals surface area (Å²) < 4.78 is 0.756. The lowest BCUT2D eigenvalue weighted by Crippen LogP contribution is -2.56. The summed E-state index contributed by atoms with van der Waals surface area (Å²) in [5, 5.41) is 2.85. The van der Waals surface area contributed by atoms with E-state index in [0.717, 1.165) is 4.47 Å². The van der Waals surface area contributed by atoms with Gasteiger partial charge in [-0.2, -0.15) is 0 Å². The quantitative estimate of drug-likeness (QED) is 0.784. The Morgan fingerprint density at radius 1 is 1.21 bits per heavy atom. The largest absolute Gasteiger partial charge is 0.338 e. The maximum absolute atomic E-state index is 12.7. The maximum atomic E-state index is 12.7. The van der Waals surface area contributed by atoms with Gasteiger partial charge in [-0.05, 0) is 54.8 Å². The third kappa shape index (κ3) is 2.70. The number of benzene rings is 1. The number of halogens is 1. The topological polar surface area (TPSA) is 69.7 Å². The zero-order chi connectivity index (χ0) is 17.5. The number of carbonyl (C=O) groups excluding carboxylic acids is 3. The Morgan fingerprint density at radius 2 is 1.83 bits per heavy atom. The van der Waals surface area contributed by atoms with E-state index in [0.29, 0.717) is 31.5 Å². The van der Waals surface area contributed by atoms with Gasteiger partial charge in [0.05, 0.1) is 5.56 Å². The van der Waals surface area contributed by atoms with Crippen molar-refractivity contribution in [2.45, 2.75) is 38.3 Å². The molecule has 0 atom stereocenters. The average molecular weight is 394 g/mol. The Hall–Kier alpha value is -1.89. The number of urea groups is 1. The summed E-state index contributed by atoms with van der Waals surface area (Å²) in [6, 6.07) is 6.79. The number of amides is 4. The van der Waals surface area contributed by atoms with Crippen LogP contribution < -0.4 is 5.32 Å². The van der Waals surface area contributed by atoms with Crippen LogP contribution in [0.3, 0.4) is 0 Å². The van der Waals surface area contributed by atoms with Crippen molar-refractivity contribution in [1.82, 2.24) is 15.1 Å². The van der Waals surface area contributed by atoms with E-state index in [-0.39, 0.29) is 23.9 Å². The van der Waals surface area contributed by atoms with Crippen molar-refractivity contribution in [1.29, 1.82) is 0 Å². The molecule has 1 spiro atoms. The first-order chi connectivity index (χ1) is 11.4. The van der Waals surface area contributed by atoms with E-state index < -0.39 is 5.54 Å². The molecule has 2 saturated heterocycles. The summed E-state index contributed by atoms with van der Waals surface area (Å²) in [4.78, 5) is 40.4. The molecule has 2 aliphatic heterocycles. The van der Waals surface area contributed by atoms with Gasteiger partial charge in [-0.1, -0.05) is 12.1 Å². The second-order valence-corrected chi connectivity index (χ2v) is 7.41. The van der Waals surface area contributed by atoms with E-state index in [9.17, 15) is 14.4 Å². The summed E-state index contributed by atoms with van der Waals surface area (Å²) in [5.41, 5.74) is -0.245. The van der Waals surface area contributed by atoms with Gasteiger partial charge >= 0.3 is 6.03 Å². The third-order valence-corrected chi connectivity index (χ3v) is 5.41. The first-order valence-corrected chi connectivity index (χ1v) is 8.84. The van der Waals surface area contributed by atoms with E-state index >= 15 is 0 Å². The fraction of sp³-hybridized carbons (Fsp3) is 0.471. The average Bonchev–Trinajstić information content (AvgIpc) is 2.78. The summed E-state index contributed by atoms with van der Waals surface area (Å²) in [6.07, 6.45) is 0.883. The SMILES string of the molecule is CC(C)N1C(=O)NC2(CCN(C(=O)c3ccccc3Br)CC2)C1=O. The van der Waals surface area contributed by atoms with Gasteiger partial charge in [0.25, 0.3) is 11.8 Å². The molecular formula is C17H20BrN3O3. The Bertz CT molecular complexity index is 696. The minimum Gasteiger partial charge on any atom is -0.338 e. The number of rotatable bonds is 2. The molecule has 128 valence electrons. The molecule has 0 radical (unpaired) electrons. The van der Waals surface area contributed by atoms with Gasteiger partial charge in [0, 0.05) is 23.6 Å². The van der Waals surface area contributed by atoms with Crippen molar-refractivity contribution in [3.63, 3.8) is 0 Å². The second-order valence-electron chi connectivity index (χ2n) is 6.55. The van der Waals surface area contributed by atoms with Crippen molar-refractivity contribution in [2.75, 3.05) is 13.1 Å². The number of hydrogen-bond acceptors (Lipinski definition) is 3. The highest BCUT2D eigenvalue weighted by Gasteiger charge is 2.53. The summed E-state index contributed by atoms with van der Waals surface area (Å²) in [7, 11) is 0. The minimum atomic E-state index is -0.855. The van der Waals surface area contributed by atoms with Crippen LogP contribution in [0.1, 0.15) is 37.0 Å². The molecule has 4 amide bonds. The Labute approximate surface area is 149 Å². The van der Waals surface area contributed by atoms with Crippen molar-refractivity contribution in [2.24, 2.45) is 0 Å². The van der Waals surface area contributed by atoms with Gasteiger partial charge in [0.1, 0.15) is 5.54 Å². The highest BCUT2D eigenvalue weighted by Crippen LogP contribution is 2.31. The lowest BCUT2D eigenvalue weighted by Gasteiger charge is -2.37. The van der Waals surface area contributed by atoms with E-state index in [1.807, 2.05) is 32.0 Å². The zero-order valence-electron chi connectivity index (χ0n) is 13.7. The number of piperidine rings is 1. The number of likely N-dealkylation sites (tertiary alicyclic amines) is 1. The summed E-state index contributed by atoms with van der Waals surface area (Å²) >= 11 is 3.40. The number of nitrogens with zero attached hydrogens (tertiary/aromatic N) is 2. The van der Waals surface area contributed by atoms with Gasteiger partial charge in [-0.15, -0.1) is 0 Å². The first kappa shape index (κ1) is 17.0. The van der Waals surface area contributed by atoms with Crippen LogP contribution in [0.25, 0.3) is 0 Å². The van der Waals surface area contributed by atoms with Crippen molar-refractivity contribution in [3.05, 3.63) is 34.3 Å². The molecule has 24 heavy (non-hydrogen) atoms. The van der Waals surface area contributed by atoms with E-state index in [1.165, 1.54) is 4.90 Å². The number of carbonyl (C=O) groups is 3. The fourth-order valence-electron chi connectivity index (χ4n) is 3.35. The lowest BCUT2D eigenvalue weighted by atomic mass is 9.87. The molecule has 0 bridgehead atoms. The predicted molar refractivity (Wildman–Crippen MR) is 92.5 cm³/mol. The number of nitrogens with one attached hydrogen (secondary N) is 1. The molecule has 2 aliphatic rings.